The van der Waals surface area contributed by atoms with E-state index in [4.69, 9.17) is 15.2 Å². The van der Waals surface area contributed by atoms with Gasteiger partial charge < -0.3 is 20.1 Å². The largest absolute Gasteiger partial charge is 0.497 e. The van der Waals surface area contributed by atoms with Crippen LogP contribution in [0.1, 0.15) is 10.4 Å². The summed E-state index contributed by atoms with van der Waals surface area (Å²) in [6.07, 6.45) is -4.48. The van der Waals surface area contributed by atoms with E-state index in [2.05, 4.69) is 0 Å². The van der Waals surface area contributed by atoms with Gasteiger partial charge in [0.25, 0.3) is 5.91 Å². The van der Waals surface area contributed by atoms with Crippen LogP contribution < -0.4 is 15.2 Å². The van der Waals surface area contributed by atoms with Gasteiger partial charge in [-0.2, -0.15) is 13.2 Å². The molecule has 0 atom stereocenters. The first-order valence-corrected chi connectivity index (χ1v) is 5.53. The number of ether oxygens (including phenoxy) is 2. The van der Waals surface area contributed by atoms with Crippen molar-refractivity contribution in [1.82, 2.24) is 4.90 Å². The third-order valence-electron chi connectivity index (χ3n) is 2.56. The van der Waals surface area contributed by atoms with E-state index in [0.29, 0.717) is 4.90 Å². The maximum Gasteiger partial charge on any atom is 0.406 e. The van der Waals surface area contributed by atoms with E-state index in [1.54, 1.807) is 0 Å². The minimum Gasteiger partial charge on any atom is -0.497 e. The fraction of sp³-hybridized carbons (Fsp3) is 0.417. The Labute approximate surface area is 114 Å². The molecular weight excluding hydrogens is 277 g/mol. The Morgan fingerprint density at radius 3 is 2.35 bits per heavy atom. The van der Waals surface area contributed by atoms with Crippen molar-refractivity contribution in [2.75, 3.05) is 33.5 Å². The highest BCUT2D eigenvalue weighted by Gasteiger charge is 2.32. The van der Waals surface area contributed by atoms with E-state index in [0.717, 1.165) is 7.05 Å². The van der Waals surface area contributed by atoms with Crippen LogP contribution in [-0.2, 0) is 0 Å². The Hall–Kier alpha value is -2.12. The molecule has 0 saturated carbocycles. The number of anilines is 1. The normalized spacial score (nSPS) is 11.1. The highest BCUT2D eigenvalue weighted by Crippen LogP contribution is 2.32. The number of carbonyl (C=O) groups excluding carboxylic acids is 1. The number of halogens is 3. The van der Waals surface area contributed by atoms with Gasteiger partial charge in [0, 0.05) is 13.1 Å². The molecular formula is C12H15F3N2O3. The Bertz CT molecular complexity index is 503. The van der Waals surface area contributed by atoms with Crippen molar-refractivity contribution in [3.63, 3.8) is 0 Å². The number of nitrogens with zero attached hydrogens (tertiary/aromatic N) is 1. The Kier molecular flexibility index (Phi) is 4.69. The number of benzene rings is 1. The van der Waals surface area contributed by atoms with E-state index >= 15 is 0 Å². The highest BCUT2D eigenvalue weighted by atomic mass is 19.4. The molecule has 0 spiro atoms. The fourth-order valence-corrected chi connectivity index (χ4v) is 1.61. The third-order valence-corrected chi connectivity index (χ3v) is 2.56. The molecule has 1 aromatic carbocycles. The van der Waals surface area contributed by atoms with Crippen molar-refractivity contribution >= 4 is 11.6 Å². The lowest BCUT2D eigenvalue weighted by molar-refractivity contribution is -0.138. The number of rotatable bonds is 4. The molecule has 20 heavy (non-hydrogen) atoms. The average Bonchev–Trinajstić information content (AvgIpc) is 2.36. The summed E-state index contributed by atoms with van der Waals surface area (Å²) >= 11 is 0. The Morgan fingerprint density at radius 1 is 1.30 bits per heavy atom. The molecule has 0 fully saturated rings. The smallest absolute Gasteiger partial charge is 0.406 e. The van der Waals surface area contributed by atoms with E-state index in [-0.39, 0.29) is 22.7 Å². The molecule has 8 heteroatoms. The lowest BCUT2D eigenvalue weighted by Gasteiger charge is -2.20. The van der Waals surface area contributed by atoms with Crippen LogP contribution in [-0.4, -0.2) is 44.8 Å². The fourth-order valence-electron chi connectivity index (χ4n) is 1.61. The molecule has 1 rings (SSSR count). The molecule has 0 aromatic heterocycles. The van der Waals surface area contributed by atoms with Crippen LogP contribution >= 0.6 is 0 Å². The topological polar surface area (TPSA) is 64.8 Å². The van der Waals surface area contributed by atoms with Gasteiger partial charge in [-0.3, -0.25) is 4.79 Å². The number of nitrogen functional groups attached to an aromatic ring is 1. The quantitative estimate of drug-likeness (QED) is 0.861. The van der Waals surface area contributed by atoms with Gasteiger partial charge in [-0.05, 0) is 6.07 Å². The molecule has 112 valence electrons. The molecule has 0 radical (unpaired) electrons. The minimum absolute atomic E-state index is 0.0349. The predicted octanol–water partition coefficient (Wildman–Crippen LogP) is 1.92. The Balaban J connectivity index is 3.15. The van der Waals surface area contributed by atoms with Gasteiger partial charge in [-0.25, -0.2) is 0 Å². The number of hydrogen-bond acceptors (Lipinski definition) is 4. The first-order chi connectivity index (χ1) is 9.19. The summed E-state index contributed by atoms with van der Waals surface area (Å²) in [5.74, 6) is -0.440. The second-order valence-electron chi connectivity index (χ2n) is 4.07. The van der Waals surface area contributed by atoms with Crippen molar-refractivity contribution in [3.05, 3.63) is 17.7 Å². The number of nitrogens with two attached hydrogens (primary N) is 1. The van der Waals surface area contributed by atoms with Gasteiger partial charge in [0.05, 0.1) is 25.5 Å². The number of hydrogen-bond donors (Lipinski definition) is 1. The maximum atomic E-state index is 12.3. The second-order valence-corrected chi connectivity index (χ2v) is 4.07. The number of methoxy groups -OCH3 is 2. The zero-order valence-corrected chi connectivity index (χ0v) is 11.2. The predicted molar refractivity (Wildman–Crippen MR) is 67.0 cm³/mol. The van der Waals surface area contributed by atoms with Crippen molar-refractivity contribution in [3.8, 4) is 11.5 Å². The van der Waals surface area contributed by atoms with E-state index in [1.165, 1.54) is 26.4 Å². The van der Waals surface area contributed by atoms with Gasteiger partial charge >= 0.3 is 6.18 Å². The molecule has 0 aliphatic rings. The summed E-state index contributed by atoms with van der Waals surface area (Å²) in [7, 11) is 3.73. The van der Waals surface area contributed by atoms with Gasteiger partial charge in [0.15, 0.2) is 0 Å². The average molecular weight is 292 g/mol. The zero-order valence-electron chi connectivity index (χ0n) is 11.2. The number of alkyl halides is 3. The van der Waals surface area contributed by atoms with Crippen LogP contribution in [0.25, 0.3) is 0 Å². The van der Waals surface area contributed by atoms with Crippen molar-refractivity contribution < 1.29 is 27.4 Å². The Morgan fingerprint density at radius 2 is 1.90 bits per heavy atom. The van der Waals surface area contributed by atoms with Gasteiger partial charge in [0.2, 0.25) is 0 Å². The van der Waals surface area contributed by atoms with Crippen molar-refractivity contribution in [2.45, 2.75) is 6.18 Å². The van der Waals surface area contributed by atoms with Gasteiger partial charge in [0.1, 0.15) is 18.0 Å². The zero-order chi connectivity index (χ0) is 15.5. The third kappa shape index (κ3) is 3.69. The van der Waals surface area contributed by atoms with E-state index < -0.39 is 18.6 Å². The maximum absolute atomic E-state index is 12.3. The molecule has 5 nitrogen and oxygen atoms in total. The summed E-state index contributed by atoms with van der Waals surface area (Å²) in [4.78, 5) is 12.5. The standard InChI is InChI=1S/C12H15F3N2O3/c1-17(6-12(13,14)15)11(18)8-4-7(19-2)5-9(20-3)10(8)16/h4-5H,6,16H2,1-3H3. The van der Waals surface area contributed by atoms with Crippen LogP contribution in [0.5, 0.6) is 11.5 Å². The molecule has 1 amide bonds. The van der Waals surface area contributed by atoms with Crippen molar-refractivity contribution in [1.29, 1.82) is 0 Å². The molecule has 0 heterocycles. The molecule has 0 unspecified atom stereocenters. The summed E-state index contributed by atoms with van der Waals surface area (Å²) in [6.45, 7) is -1.37. The first-order valence-electron chi connectivity index (χ1n) is 5.53. The highest BCUT2D eigenvalue weighted by molar-refractivity contribution is 6.00. The molecule has 0 bridgehead atoms. The lowest BCUT2D eigenvalue weighted by atomic mass is 10.1. The van der Waals surface area contributed by atoms with Crippen LogP contribution in [0.3, 0.4) is 0 Å². The summed E-state index contributed by atoms with van der Waals surface area (Å²) in [5.41, 5.74) is 5.57. The summed E-state index contributed by atoms with van der Waals surface area (Å²) < 4.78 is 46.8. The van der Waals surface area contributed by atoms with Crippen molar-refractivity contribution in [2.24, 2.45) is 0 Å². The summed E-state index contributed by atoms with van der Waals surface area (Å²) in [6, 6.07) is 2.71. The number of amides is 1. The van der Waals surface area contributed by atoms with E-state index in [9.17, 15) is 18.0 Å². The molecule has 0 aliphatic carbocycles. The molecule has 2 N–H and O–H groups in total. The first kappa shape index (κ1) is 15.9. The lowest BCUT2D eigenvalue weighted by Crippen LogP contribution is -2.36. The molecule has 0 aliphatic heterocycles. The van der Waals surface area contributed by atoms with Gasteiger partial charge in [-0.1, -0.05) is 0 Å². The van der Waals surface area contributed by atoms with Gasteiger partial charge in [-0.15, -0.1) is 0 Å². The SMILES string of the molecule is COc1cc(OC)c(N)c(C(=O)N(C)CC(F)(F)F)c1. The van der Waals surface area contributed by atoms with Crippen LogP contribution in [0, 0.1) is 0 Å². The minimum atomic E-state index is -4.48. The van der Waals surface area contributed by atoms with Crippen LogP contribution in [0.4, 0.5) is 18.9 Å². The second kappa shape index (κ2) is 5.89. The molecule has 1 aromatic rings. The number of carbonyl (C=O) groups is 1. The molecule has 0 saturated heterocycles. The monoisotopic (exact) mass is 292 g/mol. The summed E-state index contributed by atoms with van der Waals surface area (Å²) in [5, 5.41) is 0. The van der Waals surface area contributed by atoms with Crippen LogP contribution in [0.2, 0.25) is 0 Å². The van der Waals surface area contributed by atoms with Crippen LogP contribution in [0.15, 0.2) is 12.1 Å². The van der Waals surface area contributed by atoms with E-state index in [1.807, 2.05) is 0 Å².